The van der Waals surface area contributed by atoms with E-state index in [0.717, 1.165) is 18.3 Å². The molecule has 0 spiro atoms. The second-order valence-corrected chi connectivity index (χ2v) is 16.4. The second kappa shape index (κ2) is 13.6. The van der Waals surface area contributed by atoms with Gasteiger partial charge in [-0.3, -0.25) is 0 Å². The van der Waals surface area contributed by atoms with Crippen molar-refractivity contribution >= 4 is 12.3 Å². The molecular weight excluding hydrogens is 672 g/mol. The molecule has 15 heteroatoms. The van der Waals surface area contributed by atoms with E-state index in [0.29, 0.717) is 44.9 Å². The zero-order chi connectivity index (χ0) is 36.7. The molecule has 3 heterocycles. The molecule has 3 aliphatic heterocycles. The number of rotatable bonds is 8. The highest BCUT2D eigenvalue weighted by Crippen LogP contribution is 2.70. The van der Waals surface area contributed by atoms with Crippen molar-refractivity contribution in [3.8, 4) is 0 Å². The van der Waals surface area contributed by atoms with Gasteiger partial charge in [-0.1, -0.05) is 6.92 Å². The molecule has 18 atom stereocenters. The third kappa shape index (κ3) is 5.68. The Bertz CT molecular complexity index is 1360. The number of fused-ring (bicyclic) bond motifs is 5. The minimum atomic E-state index is -1.66. The number of cyclic esters (lactones) is 1. The van der Waals surface area contributed by atoms with Crippen LogP contribution in [0.4, 0.5) is 0 Å². The summed E-state index contributed by atoms with van der Waals surface area (Å²) in [5, 5.41) is 76.7. The van der Waals surface area contributed by atoms with Crippen LogP contribution >= 0.6 is 0 Å². The van der Waals surface area contributed by atoms with E-state index in [9.17, 15) is 45.3 Å². The van der Waals surface area contributed by atoms with Gasteiger partial charge in [0.2, 0.25) is 0 Å². The van der Waals surface area contributed by atoms with E-state index in [-0.39, 0.29) is 36.8 Å². The first-order valence-electron chi connectivity index (χ1n) is 18.4. The summed E-state index contributed by atoms with van der Waals surface area (Å²) >= 11 is 0. The fraction of sp³-hybridized carbons (Fsp3) is 0.889. The third-order valence-corrected chi connectivity index (χ3v) is 14.3. The molecule has 15 nitrogen and oxygen atoms in total. The van der Waals surface area contributed by atoms with Gasteiger partial charge in [0.05, 0.1) is 35.4 Å². The first-order chi connectivity index (χ1) is 24.2. The Morgan fingerprint density at radius 3 is 2.27 bits per heavy atom. The molecule has 4 saturated carbocycles. The number of carbonyl (C=O) groups excluding carboxylic acids is 2. The highest BCUT2D eigenvalue weighted by molar-refractivity contribution is 5.85. The van der Waals surface area contributed by atoms with Crippen molar-refractivity contribution in [1.29, 1.82) is 0 Å². The molecular formula is C36H54O15. The molecule has 4 aliphatic carbocycles. The SMILES string of the molecule is CO[C@H]1[C@@H](O)[C@H](O[C@H]2CC[C@]3(C=O)C4CC[C@]5(C)C(C6=CC(=O)OC6)CC[C@]5(O)C4CC[C@]3(O)C2)O[C@H](C)[C@H]1O[C@@H]1O[C@H](CO)[C@@H](O)[C@@H](O)[C@H]1O. The number of aliphatic hydroxyl groups excluding tert-OH is 5. The molecule has 51 heavy (non-hydrogen) atoms. The summed E-state index contributed by atoms with van der Waals surface area (Å²) in [4.78, 5) is 25.1. The number of hydrogen-bond donors (Lipinski definition) is 7. The topological polar surface area (TPSA) is 231 Å². The van der Waals surface area contributed by atoms with Gasteiger partial charge in [0, 0.05) is 25.0 Å². The van der Waals surface area contributed by atoms with Crippen molar-refractivity contribution in [3.63, 3.8) is 0 Å². The normalized spacial score (nSPS) is 54.2. The fourth-order valence-electron chi connectivity index (χ4n) is 11.5. The number of aldehydes is 1. The van der Waals surface area contributed by atoms with E-state index in [1.54, 1.807) is 13.0 Å². The molecule has 7 rings (SSSR count). The number of esters is 1. The van der Waals surface area contributed by atoms with Crippen molar-refractivity contribution in [2.24, 2.45) is 28.6 Å². The summed E-state index contributed by atoms with van der Waals surface area (Å²) < 4.78 is 34.6. The van der Waals surface area contributed by atoms with Gasteiger partial charge in [-0.05, 0) is 81.6 Å². The van der Waals surface area contributed by atoms with Crippen molar-refractivity contribution in [2.45, 2.75) is 150 Å². The number of methoxy groups -OCH3 is 1. The Kier molecular flexibility index (Phi) is 10.1. The minimum Gasteiger partial charge on any atom is -0.458 e. The van der Waals surface area contributed by atoms with Crippen LogP contribution in [0.1, 0.15) is 71.6 Å². The van der Waals surface area contributed by atoms with Crippen LogP contribution in [0.2, 0.25) is 0 Å². The zero-order valence-corrected chi connectivity index (χ0v) is 29.4. The highest BCUT2D eigenvalue weighted by Gasteiger charge is 2.71. The van der Waals surface area contributed by atoms with Crippen LogP contribution in [0, 0.1) is 28.6 Å². The van der Waals surface area contributed by atoms with Crippen molar-refractivity contribution < 1.29 is 73.8 Å². The van der Waals surface area contributed by atoms with Crippen molar-refractivity contribution in [1.82, 2.24) is 0 Å². The van der Waals surface area contributed by atoms with Crippen LogP contribution in [0.3, 0.4) is 0 Å². The van der Waals surface area contributed by atoms with Gasteiger partial charge in [-0.2, -0.15) is 0 Å². The van der Waals surface area contributed by atoms with Gasteiger partial charge < -0.3 is 69.0 Å². The lowest BCUT2D eigenvalue weighted by atomic mass is 9.41. The van der Waals surface area contributed by atoms with E-state index in [1.807, 2.05) is 0 Å². The van der Waals surface area contributed by atoms with Gasteiger partial charge in [0.1, 0.15) is 55.6 Å². The summed E-state index contributed by atoms with van der Waals surface area (Å²) in [6.45, 7) is 3.37. The van der Waals surface area contributed by atoms with Crippen LogP contribution in [0.25, 0.3) is 0 Å². The Morgan fingerprint density at radius 2 is 1.61 bits per heavy atom. The molecule has 0 aromatic rings. The smallest absolute Gasteiger partial charge is 0.331 e. The molecule has 0 amide bonds. The highest BCUT2D eigenvalue weighted by atomic mass is 16.7. The summed E-state index contributed by atoms with van der Waals surface area (Å²) in [5.41, 5.74) is -3.11. The molecule has 288 valence electrons. The predicted octanol–water partition coefficient (Wildman–Crippen LogP) is -0.772. The first kappa shape index (κ1) is 37.7. The number of carbonyl (C=O) groups is 2. The number of ether oxygens (including phenoxy) is 6. The zero-order valence-electron chi connectivity index (χ0n) is 29.4. The molecule has 0 bridgehead atoms. The Balaban J connectivity index is 1.03. The van der Waals surface area contributed by atoms with E-state index >= 15 is 0 Å². The standard InChI is InChI=1S/C36H54O15/c1-17-29(51-31-27(42)26(41)25(40)23(14-37)50-31)30(46-3)28(43)32(48-17)49-19-4-9-34(16-38)21-5-8-33(2)20(18-12-24(39)47-15-18)7-11-36(33,45)22(21)6-10-35(34,44)13-19/h12,16-17,19-23,25-32,37,40-45H,4-11,13-15H2,1-3H3/t17-,19+,20?,21?,22?,23-,25-,26-,27-,28-,29-,30+,31+,32+,33-,34+,35+,36+/m1/s1. The van der Waals surface area contributed by atoms with E-state index in [2.05, 4.69) is 6.92 Å². The summed E-state index contributed by atoms with van der Waals surface area (Å²) in [5.74, 6) is -0.777. The lowest BCUT2D eigenvalue weighted by molar-refractivity contribution is -0.363. The van der Waals surface area contributed by atoms with E-state index in [1.165, 1.54) is 7.11 Å². The average molecular weight is 727 g/mol. The van der Waals surface area contributed by atoms with Gasteiger partial charge in [-0.15, -0.1) is 0 Å². The van der Waals surface area contributed by atoms with Gasteiger partial charge in [0.15, 0.2) is 12.6 Å². The fourth-order valence-corrected chi connectivity index (χ4v) is 11.5. The van der Waals surface area contributed by atoms with Crippen molar-refractivity contribution in [2.75, 3.05) is 20.3 Å². The molecule has 2 saturated heterocycles. The second-order valence-electron chi connectivity index (χ2n) is 16.4. The predicted molar refractivity (Wildman–Crippen MR) is 172 cm³/mol. The third-order valence-electron chi connectivity index (χ3n) is 14.3. The van der Waals surface area contributed by atoms with Gasteiger partial charge in [-0.25, -0.2) is 4.79 Å². The summed E-state index contributed by atoms with van der Waals surface area (Å²) in [6.07, 6.45) is -6.79. The first-order valence-corrected chi connectivity index (χ1v) is 18.4. The number of aliphatic hydroxyl groups is 7. The molecule has 7 aliphatic rings. The Morgan fingerprint density at radius 1 is 0.882 bits per heavy atom. The molecule has 6 fully saturated rings. The maximum Gasteiger partial charge on any atom is 0.331 e. The van der Waals surface area contributed by atoms with Crippen LogP contribution in [-0.4, -0.2) is 147 Å². The van der Waals surface area contributed by atoms with Crippen LogP contribution in [-0.2, 0) is 38.0 Å². The molecule has 0 aromatic carbocycles. The Labute approximate surface area is 296 Å². The van der Waals surface area contributed by atoms with Crippen LogP contribution < -0.4 is 0 Å². The largest absolute Gasteiger partial charge is 0.458 e. The average Bonchev–Trinajstić information content (AvgIpc) is 3.65. The Hall–Kier alpha value is -1.60. The summed E-state index contributed by atoms with van der Waals surface area (Å²) in [6, 6.07) is 0. The van der Waals surface area contributed by atoms with Crippen molar-refractivity contribution in [3.05, 3.63) is 11.6 Å². The maximum absolute atomic E-state index is 13.2. The van der Waals surface area contributed by atoms with Crippen LogP contribution in [0.5, 0.6) is 0 Å². The molecule has 7 N–H and O–H groups in total. The monoisotopic (exact) mass is 726 g/mol. The quantitative estimate of drug-likeness (QED) is 0.0925. The molecule has 3 unspecified atom stereocenters. The van der Waals surface area contributed by atoms with E-state index in [4.69, 9.17) is 28.4 Å². The lowest BCUT2D eigenvalue weighted by Gasteiger charge is -2.65. The summed E-state index contributed by atoms with van der Waals surface area (Å²) in [7, 11) is 1.36. The maximum atomic E-state index is 13.2. The van der Waals surface area contributed by atoms with Crippen LogP contribution in [0.15, 0.2) is 11.6 Å². The lowest BCUT2D eigenvalue weighted by Crippen LogP contribution is -2.69. The molecule has 0 radical (unpaired) electrons. The van der Waals surface area contributed by atoms with E-state index < -0.39 is 96.2 Å². The number of hydrogen-bond acceptors (Lipinski definition) is 15. The van der Waals surface area contributed by atoms with Gasteiger partial charge >= 0.3 is 5.97 Å². The van der Waals surface area contributed by atoms with Gasteiger partial charge in [0.25, 0.3) is 0 Å². The minimum absolute atomic E-state index is 0.00877. The molecule has 0 aromatic heterocycles.